The van der Waals surface area contributed by atoms with E-state index in [2.05, 4.69) is 21.3 Å². The molecule has 20 heteroatoms. The van der Waals surface area contributed by atoms with Gasteiger partial charge < -0.3 is 61.5 Å². The number of hydrogen-bond donors (Lipinski definition) is 6. The molecule has 408 valence electrons. The molecule has 4 aromatic rings. The molecule has 8 N–H and O–H groups in total. The smallest absolute Gasteiger partial charge is 0.204 e. The maximum Gasteiger partial charge on any atom is 0.204 e. The summed E-state index contributed by atoms with van der Waals surface area (Å²) < 4.78 is 23.2. The SMILES string of the molecule is CC(C)(C)c1c(NCCOCCN)c(=S)c1=O.CN(CCOCCN)c1c(C(C)(C)C)c(=O)c1=S.CNCCOCCN(C)c1c(C(C)(C)C)c(=O)c1=S.CNCCOCCNc1c(C(C)(C)C)c(=O)c1=S. The maximum atomic E-state index is 11.9. The molecule has 0 amide bonds. The van der Waals surface area contributed by atoms with Crippen molar-refractivity contribution in [3.05, 3.63) is 81.2 Å². The van der Waals surface area contributed by atoms with Crippen LogP contribution in [0.15, 0.2) is 19.2 Å². The Labute approximate surface area is 450 Å². The van der Waals surface area contributed by atoms with Crippen molar-refractivity contribution in [2.45, 2.75) is 105 Å². The van der Waals surface area contributed by atoms with Crippen molar-refractivity contribution >= 4 is 71.6 Å². The normalized spacial score (nSPS) is 12.0. The summed E-state index contributed by atoms with van der Waals surface area (Å²) in [5.41, 5.74) is 16.8. The Morgan fingerprint density at radius 2 is 0.681 bits per heavy atom. The average molecular weight is 1080 g/mol. The molecule has 0 saturated carbocycles. The molecule has 0 atom stereocenters. The lowest BCUT2D eigenvalue weighted by atomic mass is 9.82. The molecule has 0 aliphatic rings. The van der Waals surface area contributed by atoms with Crippen molar-refractivity contribution in [1.82, 2.24) is 10.6 Å². The van der Waals surface area contributed by atoms with Crippen LogP contribution >= 0.6 is 48.9 Å². The minimum absolute atomic E-state index is 0.00197. The van der Waals surface area contributed by atoms with E-state index in [1.165, 1.54) is 0 Å². The Morgan fingerprint density at radius 3 is 0.972 bits per heavy atom. The minimum Gasteiger partial charge on any atom is -0.381 e. The van der Waals surface area contributed by atoms with Crippen molar-refractivity contribution in [2.24, 2.45) is 11.5 Å². The van der Waals surface area contributed by atoms with Gasteiger partial charge in [-0.1, -0.05) is 132 Å². The van der Waals surface area contributed by atoms with Crippen molar-refractivity contribution in [3.63, 3.8) is 0 Å². The van der Waals surface area contributed by atoms with Crippen LogP contribution in [0.1, 0.15) is 105 Å². The maximum absolute atomic E-state index is 11.9. The van der Waals surface area contributed by atoms with Gasteiger partial charge in [0.15, 0.2) is 0 Å². The first-order valence-electron chi connectivity index (χ1n) is 24.6. The predicted molar refractivity (Wildman–Crippen MR) is 311 cm³/mol. The molecule has 0 aromatic heterocycles. The van der Waals surface area contributed by atoms with Crippen molar-refractivity contribution in [2.75, 3.05) is 154 Å². The lowest BCUT2D eigenvalue weighted by Crippen LogP contribution is -2.36. The van der Waals surface area contributed by atoms with E-state index in [0.717, 1.165) is 64.6 Å². The second-order valence-electron chi connectivity index (χ2n) is 21.5. The second-order valence-corrected chi connectivity index (χ2v) is 23.1. The number of nitrogens with two attached hydrogens (primary N) is 2. The summed E-state index contributed by atoms with van der Waals surface area (Å²) >= 11 is 20.4. The Hall–Kier alpha value is -3.12. The molecule has 0 fully saturated rings. The van der Waals surface area contributed by atoms with E-state index in [-0.39, 0.29) is 43.4 Å². The van der Waals surface area contributed by atoms with Crippen LogP contribution in [-0.4, -0.2) is 133 Å². The van der Waals surface area contributed by atoms with E-state index in [1.807, 2.05) is 121 Å². The number of hydrogen-bond acceptors (Lipinski definition) is 20. The summed E-state index contributed by atoms with van der Waals surface area (Å²) in [4.78, 5) is 51.1. The van der Waals surface area contributed by atoms with Gasteiger partial charge in [0.05, 0.1) is 75.6 Å². The molecule has 0 unspecified atom stereocenters. The van der Waals surface area contributed by atoms with Gasteiger partial charge in [-0.05, 0) is 35.8 Å². The van der Waals surface area contributed by atoms with Gasteiger partial charge in [0.1, 0.15) is 18.0 Å². The van der Waals surface area contributed by atoms with E-state index in [0.29, 0.717) is 104 Å². The monoisotopic (exact) mass is 1080 g/mol. The van der Waals surface area contributed by atoms with Crippen molar-refractivity contribution in [1.29, 1.82) is 0 Å². The van der Waals surface area contributed by atoms with E-state index in [1.54, 1.807) is 0 Å². The zero-order chi connectivity index (χ0) is 55.4. The highest BCUT2D eigenvalue weighted by molar-refractivity contribution is 7.72. The summed E-state index contributed by atoms with van der Waals surface area (Å²) in [5.74, 6) is 0. The lowest BCUT2D eigenvalue weighted by Gasteiger charge is -2.30. The van der Waals surface area contributed by atoms with Gasteiger partial charge in [0.25, 0.3) is 0 Å². The summed E-state index contributed by atoms with van der Waals surface area (Å²) in [6.07, 6.45) is 0. The van der Waals surface area contributed by atoms with Crippen LogP contribution in [0.2, 0.25) is 0 Å². The predicted octanol–water partition coefficient (Wildman–Crippen LogP) is 5.92. The Morgan fingerprint density at radius 1 is 0.417 bits per heavy atom. The summed E-state index contributed by atoms with van der Waals surface area (Å²) in [7, 11) is 7.68. The molecular weight excluding hydrogens is 993 g/mol. The molecule has 0 bridgehead atoms. The zero-order valence-electron chi connectivity index (χ0n) is 46.3. The standard InChI is InChI=1S/C14H24N2O2S.2C13H22N2O2S.C12H20N2O2S/c1-14(2,3)10-11(13(19)12(10)17)16(5)7-9-18-8-6-15-4;1-13(2,3)9-10(12(18)11(9)16)15(4)6-8-17-7-5-14;1-13(2,3)9-10(12(18)11(9)16)15-6-8-17-7-5-14-4;1-12(2,3)8-9(11(17)10(8)15)14-5-7-16-6-4-13/h15H,6-9H2,1-5H3;5-8,14H2,1-4H3;14-15H,5-8H2,1-4H3;14H,4-7,13H2,1-3H3. The van der Waals surface area contributed by atoms with Crippen LogP contribution in [-0.2, 0) is 40.6 Å². The third kappa shape index (κ3) is 19.9. The third-order valence-corrected chi connectivity index (χ3v) is 12.6. The van der Waals surface area contributed by atoms with Crippen LogP contribution < -0.4 is 64.2 Å². The number of rotatable bonds is 26. The Kier molecular flexibility index (Phi) is 28.9. The highest BCUT2D eigenvalue weighted by Gasteiger charge is 2.32. The largest absolute Gasteiger partial charge is 0.381 e. The quantitative estimate of drug-likeness (QED) is 0.0319. The molecule has 16 nitrogen and oxygen atoms in total. The summed E-state index contributed by atoms with van der Waals surface area (Å²) in [6, 6.07) is 0. The number of nitrogens with zero attached hydrogens (tertiary/aromatic N) is 2. The van der Waals surface area contributed by atoms with Crippen molar-refractivity contribution in [3.8, 4) is 0 Å². The molecule has 72 heavy (non-hydrogen) atoms. The van der Waals surface area contributed by atoms with Gasteiger partial charge >= 0.3 is 0 Å². The molecule has 4 aromatic carbocycles. The molecule has 0 saturated heterocycles. The second kappa shape index (κ2) is 31.1. The fourth-order valence-electron chi connectivity index (χ4n) is 7.48. The molecular formula is C52H88N8O8S4. The summed E-state index contributed by atoms with van der Waals surface area (Å²) in [6.45, 7) is 34.7. The van der Waals surface area contributed by atoms with E-state index < -0.39 is 0 Å². The van der Waals surface area contributed by atoms with Crippen LogP contribution in [0.25, 0.3) is 0 Å². The lowest BCUT2D eigenvalue weighted by molar-refractivity contribution is 0.144. The molecule has 0 heterocycles. The van der Waals surface area contributed by atoms with Gasteiger partial charge in [-0.3, -0.25) is 19.2 Å². The van der Waals surface area contributed by atoms with Gasteiger partial charge in [0.2, 0.25) is 21.7 Å². The topological polar surface area (TPSA) is 212 Å². The van der Waals surface area contributed by atoms with Gasteiger partial charge in [-0.2, -0.15) is 0 Å². The molecule has 4 rings (SSSR count). The number of anilines is 4. The van der Waals surface area contributed by atoms with Crippen LogP contribution in [0.5, 0.6) is 0 Å². The number of ether oxygens (including phenoxy) is 4. The summed E-state index contributed by atoms with van der Waals surface area (Å²) in [5, 5.41) is 12.4. The van der Waals surface area contributed by atoms with Crippen LogP contribution in [0.4, 0.5) is 22.7 Å². The highest BCUT2D eigenvalue weighted by atomic mass is 32.1. The average Bonchev–Trinajstić information content (AvgIpc) is 3.29. The third-order valence-electron chi connectivity index (χ3n) is 11.1. The first-order valence-corrected chi connectivity index (χ1v) is 26.3. The van der Waals surface area contributed by atoms with Gasteiger partial charge in [-0.25, -0.2) is 0 Å². The molecule has 0 radical (unpaired) electrons. The van der Waals surface area contributed by atoms with Crippen LogP contribution in [0.3, 0.4) is 0 Å². The highest BCUT2D eigenvalue weighted by Crippen LogP contribution is 2.34. The van der Waals surface area contributed by atoms with E-state index in [9.17, 15) is 19.2 Å². The van der Waals surface area contributed by atoms with Gasteiger partial charge in [0, 0.05) is 88.7 Å². The fraction of sp³-hybridized carbons (Fsp3) is 0.692. The number of nitrogens with one attached hydrogen (secondary N) is 4. The first-order chi connectivity index (χ1) is 33.4. The van der Waals surface area contributed by atoms with E-state index in [4.69, 9.17) is 79.3 Å². The zero-order valence-corrected chi connectivity index (χ0v) is 49.5. The molecule has 0 spiro atoms. The molecule has 0 aliphatic carbocycles. The van der Waals surface area contributed by atoms with Crippen LogP contribution in [0, 0.1) is 18.0 Å². The van der Waals surface area contributed by atoms with E-state index >= 15 is 0 Å². The fourth-order valence-corrected chi connectivity index (χ4v) is 8.75. The Bertz CT molecular complexity index is 2560. The molecule has 0 aliphatic heterocycles. The Balaban J connectivity index is 0.000000480. The first kappa shape index (κ1) is 66.9. The minimum atomic E-state index is -0.167. The van der Waals surface area contributed by atoms with Gasteiger partial charge in [-0.15, -0.1) is 0 Å². The number of likely N-dealkylation sites (N-methyl/N-ethyl adjacent to an activating group) is 4. The van der Waals surface area contributed by atoms with Crippen molar-refractivity contribution < 1.29 is 18.9 Å².